The zero-order valence-corrected chi connectivity index (χ0v) is 10.5. The SMILES string of the molecule is FC(F)(F)C1(c2ccc(Br)nc2)CCOCC1. The molecule has 17 heavy (non-hydrogen) atoms. The Labute approximate surface area is 105 Å². The van der Waals surface area contributed by atoms with Gasteiger partial charge in [0.25, 0.3) is 0 Å². The molecule has 2 nitrogen and oxygen atoms in total. The van der Waals surface area contributed by atoms with E-state index >= 15 is 0 Å². The Balaban J connectivity index is 2.43. The number of halogens is 4. The van der Waals surface area contributed by atoms with Crippen LogP contribution in [0.5, 0.6) is 0 Å². The molecule has 1 aromatic heterocycles. The van der Waals surface area contributed by atoms with Crippen molar-refractivity contribution >= 4 is 15.9 Å². The van der Waals surface area contributed by atoms with E-state index in [1.54, 1.807) is 0 Å². The Hall–Kier alpha value is -0.620. The maximum atomic E-state index is 13.3. The van der Waals surface area contributed by atoms with Crippen molar-refractivity contribution in [3.05, 3.63) is 28.5 Å². The Morgan fingerprint density at radius 1 is 1.24 bits per heavy atom. The first kappa shape index (κ1) is 12.8. The number of hydrogen-bond donors (Lipinski definition) is 0. The average Bonchev–Trinajstić information content (AvgIpc) is 2.29. The Kier molecular flexibility index (Phi) is 3.45. The molecule has 0 atom stereocenters. The van der Waals surface area contributed by atoms with Crippen molar-refractivity contribution in [1.29, 1.82) is 0 Å². The number of pyridine rings is 1. The number of nitrogens with zero attached hydrogens (tertiary/aromatic N) is 1. The quantitative estimate of drug-likeness (QED) is 0.741. The van der Waals surface area contributed by atoms with Crippen molar-refractivity contribution in [3.8, 4) is 0 Å². The van der Waals surface area contributed by atoms with Crippen LogP contribution in [0.15, 0.2) is 22.9 Å². The molecule has 0 unspecified atom stereocenters. The van der Waals surface area contributed by atoms with Crippen LogP contribution in [0.1, 0.15) is 18.4 Å². The van der Waals surface area contributed by atoms with Gasteiger partial charge in [-0.2, -0.15) is 13.2 Å². The van der Waals surface area contributed by atoms with E-state index in [1.165, 1.54) is 18.3 Å². The molecule has 94 valence electrons. The predicted octanol–water partition coefficient (Wildman–Crippen LogP) is 3.45. The van der Waals surface area contributed by atoms with E-state index in [9.17, 15) is 13.2 Å². The standard InChI is InChI=1S/C11H11BrF3NO/c12-9-2-1-8(7-16-9)10(11(13,14)15)3-5-17-6-4-10/h1-2,7H,3-6H2. The fourth-order valence-electron chi connectivity index (χ4n) is 2.11. The second-order valence-electron chi connectivity index (χ2n) is 4.06. The number of rotatable bonds is 1. The number of alkyl halides is 3. The monoisotopic (exact) mass is 309 g/mol. The van der Waals surface area contributed by atoms with E-state index in [1.807, 2.05) is 0 Å². The summed E-state index contributed by atoms with van der Waals surface area (Å²) in [6.07, 6.45) is -3.06. The van der Waals surface area contributed by atoms with Gasteiger partial charge in [-0.25, -0.2) is 4.98 Å². The fourth-order valence-corrected chi connectivity index (χ4v) is 2.35. The van der Waals surface area contributed by atoms with Gasteiger partial charge in [0, 0.05) is 19.4 Å². The van der Waals surface area contributed by atoms with Crippen LogP contribution in [0.4, 0.5) is 13.2 Å². The van der Waals surface area contributed by atoms with Crippen molar-refractivity contribution in [2.24, 2.45) is 0 Å². The van der Waals surface area contributed by atoms with Crippen LogP contribution in [0, 0.1) is 0 Å². The lowest BCUT2D eigenvalue weighted by atomic mass is 9.74. The van der Waals surface area contributed by atoms with E-state index in [0.29, 0.717) is 4.60 Å². The van der Waals surface area contributed by atoms with Gasteiger partial charge in [-0.05, 0) is 40.4 Å². The normalized spacial score (nSPS) is 20.2. The molecule has 0 N–H and O–H groups in total. The van der Waals surface area contributed by atoms with Gasteiger partial charge in [0.15, 0.2) is 0 Å². The molecule has 0 aromatic carbocycles. The fraction of sp³-hybridized carbons (Fsp3) is 0.545. The summed E-state index contributed by atoms with van der Waals surface area (Å²) < 4.78 is 45.4. The number of ether oxygens (including phenoxy) is 1. The zero-order valence-electron chi connectivity index (χ0n) is 8.93. The van der Waals surface area contributed by atoms with Gasteiger partial charge in [0.2, 0.25) is 0 Å². The van der Waals surface area contributed by atoms with E-state index in [-0.39, 0.29) is 31.6 Å². The summed E-state index contributed by atoms with van der Waals surface area (Å²) >= 11 is 3.12. The lowest BCUT2D eigenvalue weighted by Gasteiger charge is -2.38. The molecule has 1 aliphatic rings. The minimum Gasteiger partial charge on any atom is -0.381 e. The third-order valence-electron chi connectivity index (χ3n) is 3.17. The lowest BCUT2D eigenvalue weighted by molar-refractivity contribution is -0.210. The lowest BCUT2D eigenvalue weighted by Crippen LogP contribution is -2.46. The molecule has 1 saturated heterocycles. The van der Waals surface area contributed by atoms with Crippen LogP contribution < -0.4 is 0 Å². The minimum absolute atomic E-state index is 0.0419. The molecule has 0 radical (unpaired) electrons. The molecule has 0 bridgehead atoms. The second-order valence-corrected chi connectivity index (χ2v) is 4.87. The van der Waals surface area contributed by atoms with Crippen LogP contribution in [0.2, 0.25) is 0 Å². The van der Waals surface area contributed by atoms with Crippen LogP contribution in [0.25, 0.3) is 0 Å². The maximum absolute atomic E-state index is 13.3. The molecule has 0 amide bonds. The zero-order chi connectivity index (χ0) is 12.5. The molecular weight excluding hydrogens is 299 g/mol. The molecule has 1 aliphatic heterocycles. The molecule has 0 aliphatic carbocycles. The average molecular weight is 310 g/mol. The van der Waals surface area contributed by atoms with Gasteiger partial charge in [-0.15, -0.1) is 0 Å². The van der Waals surface area contributed by atoms with Crippen LogP contribution in [0.3, 0.4) is 0 Å². The Bertz CT molecular complexity index is 385. The van der Waals surface area contributed by atoms with E-state index in [4.69, 9.17) is 4.74 Å². The van der Waals surface area contributed by atoms with Gasteiger partial charge < -0.3 is 4.74 Å². The minimum atomic E-state index is -4.27. The summed E-state index contributed by atoms with van der Waals surface area (Å²) in [6, 6.07) is 3.02. The molecule has 1 aromatic rings. The summed E-state index contributed by atoms with van der Waals surface area (Å²) in [5.41, 5.74) is -1.59. The maximum Gasteiger partial charge on any atom is 0.398 e. The van der Waals surface area contributed by atoms with Crippen molar-refractivity contribution < 1.29 is 17.9 Å². The van der Waals surface area contributed by atoms with E-state index < -0.39 is 11.6 Å². The third-order valence-corrected chi connectivity index (χ3v) is 3.64. The van der Waals surface area contributed by atoms with Crippen LogP contribution >= 0.6 is 15.9 Å². The summed E-state index contributed by atoms with van der Waals surface area (Å²) in [5.74, 6) is 0. The first-order chi connectivity index (χ1) is 7.96. The highest BCUT2D eigenvalue weighted by Crippen LogP contribution is 2.47. The molecule has 0 saturated carbocycles. The molecular formula is C11H11BrF3NO. The topological polar surface area (TPSA) is 22.1 Å². The smallest absolute Gasteiger partial charge is 0.381 e. The first-order valence-corrected chi connectivity index (χ1v) is 6.01. The van der Waals surface area contributed by atoms with Gasteiger partial charge in [0.05, 0.1) is 5.41 Å². The molecule has 6 heteroatoms. The van der Waals surface area contributed by atoms with Gasteiger partial charge >= 0.3 is 6.18 Å². The Morgan fingerprint density at radius 2 is 1.88 bits per heavy atom. The predicted molar refractivity (Wildman–Crippen MR) is 59.7 cm³/mol. The van der Waals surface area contributed by atoms with Crippen molar-refractivity contribution in [2.45, 2.75) is 24.4 Å². The third kappa shape index (κ3) is 2.33. The van der Waals surface area contributed by atoms with E-state index in [0.717, 1.165) is 0 Å². The number of aromatic nitrogens is 1. The Morgan fingerprint density at radius 3 is 2.35 bits per heavy atom. The largest absolute Gasteiger partial charge is 0.398 e. The highest BCUT2D eigenvalue weighted by molar-refractivity contribution is 9.10. The second kappa shape index (κ2) is 4.57. The van der Waals surface area contributed by atoms with Gasteiger partial charge in [0.1, 0.15) is 4.60 Å². The van der Waals surface area contributed by atoms with Crippen molar-refractivity contribution in [1.82, 2.24) is 4.98 Å². The van der Waals surface area contributed by atoms with Crippen LogP contribution in [-0.2, 0) is 10.2 Å². The van der Waals surface area contributed by atoms with E-state index in [2.05, 4.69) is 20.9 Å². The molecule has 2 heterocycles. The highest BCUT2D eigenvalue weighted by Gasteiger charge is 2.56. The summed E-state index contributed by atoms with van der Waals surface area (Å²) in [6.45, 7) is 0.269. The molecule has 2 rings (SSSR count). The highest BCUT2D eigenvalue weighted by atomic mass is 79.9. The summed E-state index contributed by atoms with van der Waals surface area (Å²) in [4.78, 5) is 3.89. The first-order valence-electron chi connectivity index (χ1n) is 5.22. The van der Waals surface area contributed by atoms with Gasteiger partial charge in [-0.3, -0.25) is 0 Å². The summed E-state index contributed by atoms with van der Waals surface area (Å²) in [7, 11) is 0. The molecule has 0 spiro atoms. The number of hydrogen-bond acceptors (Lipinski definition) is 2. The van der Waals surface area contributed by atoms with Crippen molar-refractivity contribution in [3.63, 3.8) is 0 Å². The van der Waals surface area contributed by atoms with Crippen LogP contribution in [-0.4, -0.2) is 24.4 Å². The van der Waals surface area contributed by atoms with Gasteiger partial charge in [-0.1, -0.05) is 6.07 Å². The van der Waals surface area contributed by atoms with Crippen molar-refractivity contribution in [2.75, 3.05) is 13.2 Å². The molecule has 1 fully saturated rings. The summed E-state index contributed by atoms with van der Waals surface area (Å²) in [5, 5.41) is 0.